The summed E-state index contributed by atoms with van der Waals surface area (Å²) in [6.07, 6.45) is 5.73. The minimum atomic E-state index is -0.924. The van der Waals surface area contributed by atoms with Crippen molar-refractivity contribution in [3.63, 3.8) is 0 Å². The van der Waals surface area contributed by atoms with Gasteiger partial charge >= 0.3 is 0 Å². The van der Waals surface area contributed by atoms with E-state index >= 15 is 0 Å². The smallest absolute Gasteiger partial charge is 0.268 e. The van der Waals surface area contributed by atoms with Crippen LogP contribution in [0.5, 0.6) is 0 Å². The summed E-state index contributed by atoms with van der Waals surface area (Å²) >= 11 is 0. The lowest BCUT2D eigenvalue weighted by molar-refractivity contribution is -0.123. The Morgan fingerprint density at radius 2 is 1.91 bits per heavy atom. The van der Waals surface area contributed by atoms with Gasteiger partial charge < -0.3 is 15.6 Å². The minimum absolute atomic E-state index is 0.170. The van der Waals surface area contributed by atoms with E-state index in [9.17, 15) is 19.2 Å². The van der Waals surface area contributed by atoms with Crippen molar-refractivity contribution in [3.05, 3.63) is 78.0 Å². The lowest BCUT2D eigenvalue weighted by Crippen LogP contribution is -2.48. The van der Waals surface area contributed by atoms with Crippen LogP contribution in [-0.2, 0) is 4.79 Å². The van der Waals surface area contributed by atoms with Crippen LogP contribution in [0.25, 0.3) is 21.7 Å². The molecule has 1 aliphatic rings. The first kappa shape index (κ1) is 21.6. The van der Waals surface area contributed by atoms with E-state index in [2.05, 4.69) is 26.7 Å². The molecule has 2 heterocycles. The Kier molecular flexibility index (Phi) is 5.68. The highest BCUT2D eigenvalue weighted by molar-refractivity contribution is 6.00. The fourth-order valence-electron chi connectivity index (χ4n) is 4.19. The molecule has 2 aromatic carbocycles. The second-order valence-electron chi connectivity index (χ2n) is 8.61. The number of rotatable bonds is 7. The molecule has 170 valence electrons. The number of nitrogens with one attached hydrogen (secondary N) is 3. The van der Waals surface area contributed by atoms with E-state index in [0.29, 0.717) is 23.3 Å². The van der Waals surface area contributed by atoms with Gasteiger partial charge in [0.25, 0.3) is 5.91 Å². The van der Waals surface area contributed by atoms with Gasteiger partial charge in [0, 0.05) is 28.7 Å². The molecule has 34 heavy (non-hydrogen) atoms. The molecule has 0 aliphatic heterocycles. The fraction of sp³-hybridized carbons (Fsp3) is 0.231. The number of carbonyl (C=O) groups excluding carboxylic acids is 2. The highest BCUT2D eigenvalue weighted by Crippen LogP contribution is 2.34. The molecule has 4 aromatic rings. The molecule has 2 aromatic heterocycles. The monoisotopic (exact) mass is 455 g/mol. The molecule has 2 amide bonds. The molecule has 2 atom stereocenters. The van der Waals surface area contributed by atoms with Gasteiger partial charge in [0.1, 0.15) is 23.6 Å². The predicted molar refractivity (Wildman–Crippen MR) is 125 cm³/mol. The van der Waals surface area contributed by atoms with E-state index in [1.54, 1.807) is 30.6 Å². The molecular formula is C26H22FN5O2. The van der Waals surface area contributed by atoms with Crippen molar-refractivity contribution in [2.45, 2.75) is 31.3 Å². The van der Waals surface area contributed by atoms with E-state index < -0.39 is 29.7 Å². The maximum absolute atomic E-state index is 14.0. The molecule has 0 spiro atoms. The van der Waals surface area contributed by atoms with Crippen molar-refractivity contribution in [1.29, 1.82) is 5.26 Å². The molecular weight excluding hydrogens is 433 g/mol. The summed E-state index contributed by atoms with van der Waals surface area (Å²) in [6, 6.07) is 14.0. The van der Waals surface area contributed by atoms with Crippen LogP contribution >= 0.6 is 0 Å². The first-order valence-electron chi connectivity index (χ1n) is 11.1. The molecule has 1 saturated carbocycles. The van der Waals surface area contributed by atoms with Gasteiger partial charge in [-0.05, 0) is 29.9 Å². The van der Waals surface area contributed by atoms with Crippen molar-refractivity contribution in [2.24, 2.45) is 5.92 Å². The number of hydrogen-bond donors (Lipinski definition) is 3. The normalized spacial score (nSPS) is 14.9. The fourth-order valence-corrected chi connectivity index (χ4v) is 4.19. The quantitative estimate of drug-likeness (QED) is 0.389. The number of amides is 2. The lowest BCUT2D eigenvalue weighted by atomic mass is 10.0. The Labute approximate surface area is 195 Å². The molecule has 2 unspecified atom stereocenters. The maximum atomic E-state index is 14.0. The van der Waals surface area contributed by atoms with Gasteiger partial charge in [-0.15, -0.1) is 0 Å². The Bertz CT molecular complexity index is 1430. The molecule has 8 heteroatoms. The summed E-state index contributed by atoms with van der Waals surface area (Å²) in [5.41, 5.74) is 1.00. The van der Waals surface area contributed by atoms with Crippen LogP contribution in [0.2, 0.25) is 0 Å². The van der Waals surface area contributed by atoms with Crippen LogP contribution in [0.15, 0.2) is 60.9 Å². The molecule has 1 fully saturated rings. The third-order valence-corrected chi connectivity index (χ3v) is 6.16. The maximum Gasteiger partial charge on any atom is 0.268 e. The van der Waals surface area contributed by atoms with Gasteiger partial charge in [-0.2, -0.15) is 5.26 Å². The summed E-state index contributed by atoms with van der Waals surface area (Å²) in [4.78, 5) is 33.1. The Balaban J connectivity index is 1.37. The zero-order valence-corrected chi connectivity index (χ0v) is 18.2. The summed E-state index contributed by atoms with van der Waals surface area (Å²) < 4.78 is 14.0. The standard InChI is InChI=1S/C26H22FN5O2/c27-20-7-3-5-16-11-22(30-24(16)20)26(34)31-21(10-15-8-9-15)25(33)32-23(12-28)19-14-29-13-17-4-1-2-6-18(17)19/h1-7,11,13-15,21,23,30H,8-10H2,(H,31,34)(H,32,33). The number of benzene rings is 2. The molecule has 0 bridgehead atoms. The van der Waals surface area contributed by atoms with Crippen LogP contribution in [0.1, 0.15) is 41.4 Å². The van der Waals surface area contributed by atoms with E-state index in [1.165, 1.54) is 6.07 Å². The zero-order chi connectivity index (χ0) is 23.7. The number of nitrogens with zero attached hydrogens (tertiary/aromatic N) is 2. The number of halogens is 1. The van der Waals surface area contributed by atoms with Crippen molar-refractivity contribution in [2.75, 3.05) is 0 Å². The Morgan fingerprint density at radius 1 is 1.12 bits per heavy atom. The van der Waals surface area contributed by atoms with E-state index in [-0.39, 0.29) is 11.2 Å². The van der Waals surface area contributed by atoms with E-state index in [1.807, 2.05) is 24.3 Å². The Hall–Kier alpha value is -4.25. The zero-order valence-electron chi connectivity index (χ0n) is 18.2. The third-order valence-electron chi connectivity index (χ3n) is 6.16. The van der Waals surface area contributed by atoms with Crippen LogP contribution in [0.3, 0.4) is 0 Å². The number of hydrogen-bond acceptors (Lipinski definition) is 4. The number of para-hydroxylation sites is 1. The van der Waals surface area contributed by atoms with Crippen LogP contribution in [0.4, 0.5) is 4.39 Å². The number of aromatic amines is 1. The number of fused-ring (bicyclic) bond motifs is 2. The van der Waals surface area contributed by atoms with E-state index in [0.717, 1.165) is 23.6 Å². The third kappa shape index (κ3) is 4.33. The number of H-pyrrole nitrogens is 1. The highest BCUT2D eigenvalue weighted by Gasteiger charge is 2.32. The first-order valence-corrected chi connectivity index (χ1v) is 11.1. The largest absolute Gasteiger partial charge is 0.348 e. The molecule has 5 rings (SSSR count). The summed E-state index contributed by atoms with van der Waals surface area (Å²) in [6.45, 7) is 0. The van der Waals surface area contributed by atoms with Gasteiger partial charge in [-0.1, -0.05) is 49.2 Å². The van der Waals surface area contributed by atoms with E-state index in [4.69, 9.17) is 0 Å². The topological polar surface area (TPSA) is 111 Å². The number of pyridine rings is 1. The first-order chi connectivity index (χ1) is 16.5. The van der Waals surface area contributed by atoms with Crippen molar-refractivity contribution in [3.8, 4) is 6.07 Å². The van der Waals surface area contributed by atoms with Crippen molar-refractivity contribution < 1.29 is 14.0 Å². The summed E-state index contributed by atoms with van der Waals surface area (Å²) in [5, 5.41) is 17.6. The molecule has 7 nitrogen and oxygen atoms in total. The van der Waals surface area contributed by atoms with Crippen LogP contribution < -0.4 is 10.6 Å². The Morgan fingerprint density at radius 3 is 2.68 bits per heavy atom. The second kappa shape index (κ2) is 8.94. The van der Waals surface area contributed by atoms with Gasteiger partial charge in [-0.3, -0.25) is 14.6 Å². The molecule has 1 aliphatic carbocycles. The van der Waals surface area contributed by atoms with Crippen LogP contribution in [-0.4, -0.2) is 27.8 Å². The van der Waals surface area contributed by atoms with Crippen molar-refractivity contribution >= 4 is 33.5 Å². The predicted octanol–water partition coefficient (Wildman–Crippen LogP) is 4.13. The van der Waals surface area contributed by atoms with Gasteiger partial charge in [-0.25, -0.2) is 4.39 Å². The van der Waals surface area contributed by atoms with Crippen molar-refractivity contribution in [1.82, 2.24) is 20.6 Å². The second-order valence-corrected chi connectivity index (χ2v) is 8.61. The number of nitriles is 1. The minimum Gasteiger partial charge on any atom is -0.348 e. The summed E-state index contributed by atoms with van der Waals surface area (Å²) in [7, 11) is 0. The van der Waals surface area contributed by atoms with Gasteiger partial charge in [0.2, 0.25) is 5.91 Å². The lowest BCUT2D eigenvalue weighted by Gasteiger charge is -2.21. The van der Waals surface area contributed by atoms with Crippen LogP contribution in [0, 0.1) is 23.1 Å². The molecule has 0 saturated heterocycles. The molecule has 0 radical (unpaired) electrons. The average molecular weight is 455 g/mol. The van der Waals surface area contributed by atoms with Gasteiger partial charge in [0.15, 0.2) is 0 Å². The SMILES string of the molecule is N#CC(NC(=O)C(CC1CC1)NC(=O)c1cc2cccc(F)c2[nH]1)c1cncc2ccccc12. The highest BCUT2D eigenvalue weighted by atomic mass is 19.1. The number of carbonyl (C=O) groups is 2. The number of aromatic nitrogens is 2. The molecule has 3 N–H and O–H groups in total. The average Bonchev–Trinajstić information content (AvgIpc) is 3.56. The van der Waals surface area contributed by atoms with Gasteiger partial charge in [0.05, 0.1) is 11.6 Å². The summed E-state index contributed by atoms with van der Waals surface area (Å²) in [5.74, 6) is -1.06.